The molecule has 4 heterocycles. The normalized spacial score (nSPS) is 21.1. The monoisotopic (exact) mass is 418 g/mol. The number of benzene rings is 1. The van der Waals surface area contributed by atoms with Crippen LogP contribution < -0.4 is 4.74 Å². The zero-order valence-corrected chi connectivity index (χ0v) is 17.8. The SMILES string of the molecule is COc1ccc(C2=NN(C(=O)CN3CCn4cccc4[C@@H]3C)[C@H](c3ccco3)C2)cc1. The number of aromatic nitrogens is 1. The zero-order chi connectivity index (χ0) is 21.4. The molecule has 2 aliphatic rings. The predicted octanol–water partition coefficient (Wildman–Crippen LogP) is 3.84. The van der Waals surface area contributed by atoms with Crippen molar-refractivity contribution in [2.24, 2.45) is 5.10 Å². The number of hydrazone groups is 1. The molecule has 0 unspecified atom stereocenters. The van der Waals surface area contributed by atoms with Crippen LogP contribution in [0.3, 0.4) is 0 Å². The van der Waals surface area contributed by atoms with E-state index in [1.54, 1.807) is 18.4 Å². The fraction of sp³-hybridized carbons (Fsp3) is 0.333. The van der Waals surface area contributed by atoms with Gasteiger partial charge in [0, 0.05) is 37.4 Å². The number of ether oxygens (including phenoxy) is 1. The number of hydrogen-bond acceptors (Lipinski definition) is 5. The van der Waals surface area contributed by atoms with Gasteiger partial charge < -0.3 is 13.7 Å². The third-order valence-corrected chi connectivity index (χ3v) is 6.27. The van der Waals surface area contributed by atoms with E-state index < -0.39 is 0 Å². The van der Waals surface area contributed by atoms with E-state index in [4.69, 9.17) is 14.3 Å². The van der Waals surface area contributed by atoms with Crippen LogP contribution in [0.5, 0.6) is 5.75 Å². The summed E-state index contributed by atoms with van der Waals surface area (Å²) in [5.74, 6) is 1.53. The van der Waals surface area contributed by atoms with Crippen LogP contribution in [0.15, 0.2) is 70.5 Å². The minimum Gasteiger partial charge on any atom is -0.497 e. The van der Waals surface area contributed by atoms with Gasteiger partial charge in [-0.05, 0) is 61.0 Å². The lowest BCUT2D eigenvalue weighted by atomic mass is 10.0. The summed E-state index contributed by atoms with van der Waals surface area (Å²) in [5.41, 5.74) is 3.10. The van der Waals surface area contributed by atoms with Crippen molar-refractivity contribution in [3.8, 4) is 5.75 Å². The molecule has 5 rings (SSSR count). The average Bonchev–Trinajstić information content (AvgIpc) is 3.55. The summed E-state index contributed by atoms with van der Waals surface area (Å²) in [6.07, 6.45) is 4.36. The van der Waals surface area contributed by atoms with E-state index in [2.05, 4.69) is 34.7 Å². The molecule has 0 N–H and O–H groups in total. The number of hydrogen-bond donors (Lipinski definition) is 0. The lowest BCUT2D eigenvalue weighted by molar-refractivity contribution is -0.135. The summed E-state index contributed by atoms with van der Waals surface area (Å²) in [6, 6.07) is 15.7. The van der Waals surface area contributed by atoms with Crippen LogP contribution in [-0.2, 0) is 11.3 Å². The Bertz CT molecular complexity index is 1080. The Hall–Kier alpha value is -3.32. The summed E-state index contributed by atoms with van der Waals surface area (Å²) in [5, 5.41) is 6.35. The van der Waals surface area contributed by atoms with Crippen molar-refractivity contribution in [2.75, 3.05) is 20.2 Å². The maximum atomic E-state index is 13.4. The first-order valence-corrected chi connectivity index (χ1v) is 10.6. The molecule has 2 atom stereocenters. The first-order chi connectivity index (χ1) is 15.1. The molecule has 7 heteroatoms. The Morgan fingerprint density at radius 3 is 2.74 bits per heavy atom. The molecule has 0 saturated heterocycles. The first-order valence-electron chi connectivity index (χ1n) is 10.6. The molecule has 0 bridgehead atoms. The van der Waals surface area contributed by atoms with Gasteiger partial charge in [-0.25, -0.2) is 5.01 Å². The summed E-state index contributed by atoms with van der Waals surface area (Å²) in [7, 11) is 1.65. The Morgan fingerprint density at radius 1 is 1.16 bits per heavy atom. The zero-order valence-electron chi connectivity index (χ0n) is 17.8. The van der Waals surface area contributed by atoms with Crippen LogP contribution in [0.4, 0.5) is 0 Å². The van der Waals surface area contributed by atoms with Gasteiger partial charge in [-0.15, -0.1) is 0 Å². The van der Waals surface area contributed by atoms with Gasteiger partial charge in [0.2, 0.25) is 0 Å². The van der Waals surface area contributed by atoms with Crippen LogP contribution in [-0.4, -0.2) is 46.3 Å². The molecule has 0 saturated carbocycles. The molecule has 1 aromatic carbocycles. The fourth-order valence-corrected chi connectivity index (χ4v) is 4.49. The maximum absolute atomic E-state index is 13.4. The number of carbonyl (C=O) groups is 1. The van der Waals surface area contributed by atoms with E-state index in [0.717, 1.165) is 35.9 Å². The molecule has 0 fully saturated rings. The summed E-state index contributed by atoms with van der Waals surface area (Å²) in [4.78, 5) is 15.6. The highest BCUT2D eigenvalue weighted by molar-refractivity contribution is 6.03. The van der Waals surface area contributed by atoms with Gasteiger partial charge in [0.25, 0.3) is 5.91 Å². The van der Waals surface area contributed by atoms with E-state index in [1.807, 2.05) is 36.4 Å². The van der Waals surface area contributed by atoms with Crippen LogP contribution >= 0.6 is 0 Å². The molecular formula is C24H26N4O3. The number of nitrogens with zero attached hydrogens (tertiary/aromatic N) is 4. The van der Waals surface area contributed by atoms with Crippen molar-refractivity contribution in [1.29, 1.82) is 0 Å². The number of carbonyl (C=O) groups excluding carboxylic acids is 1. The molecule has 0 radical (unpaired) electrons. The van der Waals surface area contributed by atoms with Gasteiger partial charge in [0.15, 0.2) is 0 Å². The predicted molar refractivity (Wildman–Crippen MR) is 117 cm³/mol. The van der Waals surface area contributed by atoms with Crippen molar-refractivity contribution in [3.05, 3.63) is 78.0 Å². The van der Waals surface area contributed by atoms with Crippen LogP contribution in [0.25, 0.3) is 0 Å². The Balaban J connectivity index is 1.38. The number of rotatable bonds is 5. The van der Waals surface area contributed by atoms with E-state index in [0.29, 0.717) is 13.0 Å². The smallest absolute Gasteiger partial charge is 0.257 e. The summed E-state index contributed by atoms with van der Waals surface area (Å²) < 4.78 is 13.2. The fourth-order valence-electron chi connectivity index (χ4n) is 4.49. The van der Waals surface area contributed by atoms with Crippen molar-refractivity contribution >= 4 is 11.6 Å². The lowest BCUT2D eigenvalue weighted by Gasteiger charge is -2.35. The number of methoxy groups -OCH3 is 1. The van der Waals surface area contributed by atoms with Gasteiger partial charge in [-0.1, -0.05) is 0 Å². The van der Waals surface area contributed by atoms with Crippen molar-refractivity contribution in [3.63, 3.8) is 0 Å². The summed E-state index contributed by atoms with van der Waals surface area (Å²) >= 11 is 0. The minimum absolute atomic E-state index is 0.0169. The van der Waals surface area contributed by atoms with E-state index in [1.165, 1.54) is 5.69 Å². The number of fused-ring (bicyclic) bond motifs is 1. The molecule has 1 amide bonds. The number of furan rings is 1. The van der Waals surface area contributed by atoms with Crippen molar-refractivity contribution in [2.45, 2.75) is 32.0 Å². The Morgan fingerprint density at radius 2 is 2.00 bits per heavy atom. The topological polar surface area (TPSA) is 63.2 Å². The number of amides is 1. The van der Waals surface area contributed by atoms with E-state index in [9.17, 15) is 4.79 Å². The second-order valence-corrected chi connectivity index (χ2v) is 8.02. The summed E-state index contributed by atoms with van der Waals surface area (Å²) in [6.45, 7) is 4.20. The van der Waals surface area contributed by atoms with Crippen LogP contribution in [0.1, 0.15) is 42.4 Å². The van der Waals surface area contributed by atoms with Crippen LogP contribution in [0, 0.1) is 0 Å². The molecular weight excluding hydrogens is 392 g/mol. The van der Waals surface area contributed by atoms with Gasteiger partial charge in [0.05, 0.1) is 25.6 Å². The minimum atomic E-state index is -0.233. The Kier molecular flexibility index (Phi) is 5.11. The second kappa shape index (κ2) is 8.07. The molecule has 0 spiro atoms. The maximum Gasteiger partial charge on any atom is 0.257 e. The highest BCUT2D eigenvalue weighted by Crippen LogP contribution is 2.34. The first kappa shape index (κ1) is 19.6. The molecule has 7 nitrogen and oxygen atoms in total. The molecule has 0 aliphatic carbocycles. The quantitative estimate of drug-likeness (QED) is 0.632. The molecule has 3 aromatic rings. The third-order valence-electron chi connectivity index (χ3n) is 6.27. The molecule has 160 valence electrons. The van der Waals surface area contributed by atoms with Gasteiger partial charge in [-0.2, -0.15) is 5.10 Å². The average molecular weight is 418 g/mol. The van der Waals surface area contributed by atoms with Crippen molar-refractivity contribution in [1.82, 2.24) is 14.5 Å². The third kappa shape index (κ3) is 3.65. The van der Waals surface area contributed by atoms with Gasteiger partial charge in [-0.3, -0.25) is 9.69 Å². The second-order valence-electron chi connectivity index (χ2n) is 8.02. The lowest BCUT2D eigenvalue weighted by Crippen LogP contribution is -2.43. The van der Waals surface area contributed by atoms with Crippen molar-refractivity contribution < 1.29 is 13.9 Å². The van der Waals surface area contributed by atoms with Gasteiger partial charge >= 0.3 is 0 Å². The molecule has 2 aromatic heterocycles. The van der Waals surface area contributed by atoms with Crippen LogP contribution in [0.2, 0.25) is 0 Å². The van der Waals surface area contributed by atoms with E-state index >= 15 is 0 Å². The highest BCUT2D eigenvalue weighted by atomic mass is 16.5. The van der Waals surface area contributed by atoms with E-state index in [-0.39, 0.29) is 18.0 Å². The Labute approximate surface area is 181 Å². The molecule has 2 aliphatic heterocycles. The van der Waals surface area contributed by atoms with Gasteiger partial charge in [0.1, 0.15) is 17.6 Å². The highest BCUT2D eigenvalue weighted by Gasteiger charge is 2.36. The largest absolute Gasteiger partial charge is 0.497 e. The molecule has 31 heavy (non-hydrogen) atoms. The standard InChI is InChI=1S/C24H26N4O3/c1-17-21-5-3-11-26(21)12-13-27(17)16-24(29)28-22(23-6-4-14-31-23)15-20(25-28)18-7-9-19(30-2)10-8-18/h3-11,14,17,22H,12-13,15-16H2,1-2H3/t17-,22-/m0/s1.